The lowest BCUT2D eigenvalue weighted by Crippen LogP contribution is -2.35. The van der Waals surface area contributed by atoms with Crippen molar-refractivity contribution in [1.82, 2.24) is 4.90 Å². The van der Waals surface area contributed by atoms with Crippen molar-refractivity contribution in [3.05, 3.63) is 35.4 Å². The van der Waals surface area contributed by atoms with E-state index in [0.29, 0.717) is 5.92 Å². The lowest BCUT2D eigenvalue weighted by atomic mass is 10.0. The number of hydrogen-bond donors (Lipinski definition) is 1. The van der Waals surface area contributed by atoms with Crippen LogP contribution < -0.4 is 0 Å². The van der Waals surface area contributed by atoms with Crippen LogP contribution in [0.4, 0.5) is 0 Å². The quantitative estimate of drug-likeness (QED) is 0.567. The largest absolute Gasteiger partial charge is 0.360 e. The highest BCUT2D eigenvalue weighted by molar-refractivity contribution is 5.81. The Morgan fingerprint density at radius 3 is 2.06 bits per heavy atom. The van der Waals surface area contributed by atoms with Crippen molar-refractivity contribution in [2.75, 3.05) is 13.1 Å². The molecule has 0 unspecified atom stereocenters. The minimum atomic E-state index is 0.334. The van der Waals surface area contributed by atoms with Gasteiger partial charge in [-0.3, -0.25) is 5.41 Å². The number of hydrogen-bond acceptors (Lipinski definition) is 1. The van der Waals surface area contributed by atoms with Crippen molar-refractivity contribution in [3.8, 4) is 0 Å². The molecule has 2 heteroatoms. The molecule has 1 aromatic carbocycles. The van der Waals surface area contributed by atoms with Gasteiger partial charge in [-0.1, -0.05) is 38.1 Å². The van der Waals surface area contributed by atoms with Crippen LogP contribution in [0.2, 0.25) is 0 Å². The second-order valence-electron chi connectivity index (χ2n) is 4.80. The van der Waals surface area contributed by atoms with Crippen LogP contribution in [0.1, 0.15) is 25.0 Å². The first-order valence-electron chi connectivity index (χ1n) is 6.08. The molecule has 0 aromatic heterocycles. The van der Waals surface area contributed by atoms with E-state index in [2.05, 4.69) is 43.0 Å². The SMILES string of the molecule is CC(C)C(=N)N1CCc2ccccc2CC1. The molecule has 0 bridgehead atoms. The Hall–Kier alpha value is -1.31. The molecule has 1 aliphatic heterocycles. The van der Waals surface area contributed by atoms with Gasteiger partial charge in [0.25, 0.3) is 0 Å². The van der Waals surface area contributed by atoms with Crippen LogP contribution in [-0.4, -0.2) is 23.8 Å². The minimum absolute atomic E-state index is 0.334. The average Bonchev–Trinajstić information content (AvgIpc) is 2.50. The van der Waals surface area contributed by atoms with Crippen molar-refractivity contribution in [2.24, 2.45) is 5.92 Å². The van der Waals surface area contributed by atoms with Gasteiger partial charge in [0.2, 0.25) is 0 Å². The summed E-state index contributed by atoms with van der Waals surface area (Å²) in [4.78, 5) is 2.23. The van der Waals surface area contributed by atoms with E-state index in [0.717, 1.165) is 31.8 Å². The fraction of sp³-hybridized carbons (Fsp3) is 0.500. The van der Waals surface area contributed by atoms with Gasteiger partial charge in [0.05, 0.1) is 5.84 Å². The molecule has 1 N–H and O–H groups in total. The van der Waals surface area contributed by atoms with Crippen LogP contribution in [0.15, 0.2) is 24.3 Å². The second kappa shape index (κ2) is 4.69. The molecule has 0 atom stereocenters. The number of nitrogens with zero attached hydrogens (tertiary/aromatic N) is 1. The molecule has 0 amide bonds. The minimum Gasteiger partial charge on any atom is -0.360 e. The molecule has 1 aliphatic rings. The third kappa shape index (κ3) is 2.26. The average molecular weight is 216 g/mol. The maximum Gasteiger partial charge on any atom is 0.0984 e. The fourth-order valence-electron chi connectivity index (χ4n) is 2.27. The Morgan fingerprint density at radius 2 is 1.62 bits per heavy atom. The lowest BCUT2D eigenvalue weighted by Gasteiger charge is -2.25. The molecular formula is C14H20N2. The molecule has 0 fully saturated rings. The van der Waals surface area contributed by atoms with Crippen molar-refractivity contribution in [1.29, 1.82) is 5.41 Å². The van der Waals surface area contributed by atoms with E-state index in [9.17, 15) is 0 Å². The molecule has 1 aromatic rings. The number of amidine groups is 1. The summed E-state index contributed by atoms with van der Waals surface area (Å²) in [5.74, 6) is 1.12. The van der Waals surface area contributed by atoms with E-state index < -0.39 is 0 Å². The second-order valence-corrected chi connectivity index (χ2v) is 4.80. The Morgan fingerprint density at radius 1 is 1.12 bits per heavy atom. The van der Waals surface area contributed by atoms with Gasteiger partial charge in [-0.15, -0.1) is 0 Å². The highest BCUT2D eigenvalue weighted by Crippen LogP contribution is 2.16. The number of benzene rings is 1. The first-order chi connectivity index (χ1) is 7.68. The molecular weight excluding hydrogens is 196 g/mol. The van der Waals surface area contributed by atoms with Gasteiger partial charge in [-0.2, -0.15) is 0 Å². The summed E-state index contributed by atoms with van der Waals surface area (Å²) in [5.41, 5.74) is 2.92. The van der Waals surface area contributed by atoms with Gasteiger partial charge in [-0.05, 0) is 24.0 Å². The van der Waals surface area contributed by atoms with E-state index in [4.69, 9.17) is 5.41 Å². The van der Waals surface area contributed by atoms with Gasteiger partial charge in [0.1, 0.15) is 0 Å². The molecule has 2 nitrogen and oxygen atoms in total. The normalized spacial score (nSPS) is 15.8. The number of nitrogens with one attached hydrogen (secondary N) is 1. The van der Waals surface area contributed by atoms with Crippen LogP contribution >= 0.6 is 0 Å². The summed E-state index contributed by atoms with van der Waals surface area (Å²) in [5, 5.41) is 8.07. The number of fused-ring (bicyclic) bond motifs is 1. The van der Waals surface area contributed by atoms with Gasteiger partial charge >= 0.3 is 0 Å². The van der Waals surface area contributed by atoms with Crippen LogP contribution in [-0.2, 0) is 12.8 Å². The van der Waals surface area contributed by atoms with Crippen LogP contribution in [0.25, 0.3) is 0 Å². The molecule has 0 saturated heterocycles. The highest BCUT2D eigenvalue weighted by atomic mass is 15.2. The molecule has 2 rings (SSSR count). The van der Waals surface area contributed by atoms with Crippen molar-refractivity contribution in [3.63, 3.8) is 0 Å². The smallest absolute Gasteiger partial charge is 0.0984 e. The maximum atomic E-state index is 8.07. The zero-order valence-electron chi connectivity index (χ0n) is 10.2. The zero-order chi connectivity index (χ0) is 11.5. The molecule has 0 saturated carbocycles. The van der Waals surface area contributed by atoms with E-state index in [-0.39, 0.29) is 0 Å². The van der Waals surface area contributed by atoms with E-state index in [1.807, 2.05) is 0 Å². The van der Waals surface area contributed by atoms with Crippen molar-refractivity contribution in [2.45, 2.75) is 26.7 Å². The van der Waals surface area contributed by atoms with Crippen LogP contribution in [0, 0.1) is 11.3 Å². The Balaban J connectivity index is 2.10. The Bertz CT molecular complexity index is 355. The predicted molar refractivity (Wildman–Crippen MR) is 68.0 cm³/mol. The molecule has 16 heavy (non-hydrogen) atoms. The first kappa shape index (κ1) is 11.2. The maximum absolute atomic E-state index is 8.07. The van der Waals surface area contributed by atoms with Crippen LogP contribution in [0.3, 0.4) is 0 Å². The summed E-state index contributed by atoms with van der Waals surface area (Å²) in [6.07, 6.45) is 2.15. The summed E-state index contributed by atoms with van der Waals surface area (Å²) >= 11 is 0. The standard InChI is InChI=1S/C14H20N2/c1-11(2)14(15)16-9-7-12-5-3-4-6-13(12)8-10-16/h3-6,11,15H,7-10H2,1-2H3. The van der Waals surface area contributed by atoms with Gasteiger partial charge in [-0.25, -0.2) is 0 Å². The van der Waals surface area contributed by atoms with E-state index >= 15 is 0 Å². The molecule has 0 spiro atoms. The molecule has 0 aliphatic carbocycles. The summed E-state index contributed by atoms with van der Waals surface area (Å²) in [7, 11) is 0. The zero-order valence-corrected chi connectivity index (χ0v) is 10.2. The number of rotatable bonds is 1. The van der Waals surface area contributed by atoms with Crippen LogP contribution in [0.5, 0.6) is 0 Å². The predicted octanol–water partition coefficient (Wildman–Crippen LogP) is 2.72. The first-order valence-corrected chi connectivity index (χ1v) is 6.08. The Labute approximate surface area is 97.8 Å². The molecule has 0 radical (unpaired) electrons. The summed E-state index contributed by atoms with van der Waals surface area (Å²) in [6.45, 7) is 6.18. The fourth-order valence-corrected chi connectivity index (χ4v) is 2.27. The summed E-state index contributed by atoms with van der Waals surface area (Å²) < 4.78 is 0. The topological polar surface area (TPSA) is 27.1 Å². The van der Waals surface area contributed by atoms with Gasteiger partial charge in [0.15, 0.2) is 0 Å². The monoisotopic (exact) mass is 216 g/mol. The molecule has 1 heterocycles. The van der Waals surface area contributed by atoms with Crippen molar-refractivity contribution < 1.29 is 0 Å². The van der Waals surface area contributed by atoms with Crippen molar-refractivity contribution >= 4 is 5.84 Å². The third-order valence-corrected chi connectivity index (χ3v) is 3.31. The van der Waals surface area contributed by atoms with E-state index in [1.54, 1.807) is 0 Å². The Kier molecular flexibility index (Phi) is 3.28. The van der Waals surface area contributed by atoms with Gasteiger partial charge < -0.3 is 4.90 Å². The summed E-state index contributed by atoms with van der Waals surface area (Å²) in [6, 6.07) is 8.67. The molecule has 86 valence electrons. The third-order valence-electron chi connectivity index (χ3n) is 3.31. The van der Waals surface area contributed by atoms with E-state index in [1.165, 1.54) is 11.1 Å². The van der Waals surface area contributed by atoms with Gasteiger partial charge in [0, 0.05) is 19.0 Å². The highest BCUT2D eigenvalue weighted by Gasteiger charge is 2.17. The lowest BCUT2D eigenvalue weighted by molar-refractivity contribution is 0.414.